The predicted molar refractivity (Wildman–Crippen MR) is 62.1 cm³/mol. The Bertz CT molecular complexity index is 298. The molecule has 0 N–H and O–H groups in total. The van der Waals surface area contributed by atoms with Crippen LogP contribution in [0.4, 0.5) is 0 Å². The van der Waals surface area contributed by atoms with Crippen LogP contribution >= 0.6 is 56.8 Å². The van der Waals surface area contributed by atoms with Crippen LogP contribution in [0.5, 0.6) is 0 Å². The molecular formula is C7H3ClI2O. The van der Waals surface area contributed by atoms with E-state index in [0.29, 0.717) is 5.56 Å². The second kappa shape index (κ2) is 4.04. The molecule has 4 heteroatoms. The highest BCUT2D eigenvalue weighted by Crippen LogP contribution is 2.17. The molecule has 0 heterocycles. The molecule has 0 radical (unpaired) electrons. The Morgan fingerprint density at radius 1 is 1.36 bits per heavy atom. The lowest BCUT2D eigenvalue weighted by atomic mass is 10.2. The normalized spacial score (nSPS) is 9.73. The summed E-state index contributed by atoms with van der Waals surface area (Å²) in [6, 6.07) is 5.58. The molecule has 0 saturated heterocycles. The zero-order valence-corrected chi connectivity index (χ0v) is 10.3. The third kappa shape index (κ3) is 2.55. The molecular weight excluding hydrogens is 389 g/mol. The van der Waals surface area contributed by atoms with Crippen molar-refractivity contribution < 1.29 is 4.79 Å². The summed E-state index contributed by atoms with van der Waals surface area (Å²) in [7, 11) is 0. The van der Waals surface area contributed by atoms with Gasteiger partial charge in [0.25, 0.3) is 5.24 Å². The van der Waals surface area contributed by atoms with Gasteiger partial charge in [-0.05, 0) is 75.0 Å². The van der Waals surface area contributed by atoms with Crippen LogP contribution in [-0.4, -0.2) is 5.24 Å². The molecule has 0 atom stereocenters. The Morgan fingerprint density at radius 2 is 2.00 bits per heavy atom. The van der Waals surface area contributed by atoms with Crippen molar-refractivity contribution in [1.29, 1.82) is 0 Å². The first-order chi connectivity index (χ1) is 5.11. The molecule has 0 aromatic heterocycles. The minimum Gasteiger partial charge on any atom is -0.276 e. The third-order valence-electron chi connectivity index (χ3n) is 1.14. The SMILES string of the molecule is O=C(Cl)c1cc(I)ccc1I. The molecule has 0 aliphatic carbocycles. The van der Waals surface area contributed by atoms with Gasteiger partial charge >= 0.3 is 0 Å². The van der Waals surface area contributed by atoms with Gasteiger partial charge in [-0.1, -0.05) is 0 Å². The molecule has 0 spiro atoms. The maximum absolute atomic E-state index is 10.8. The molecule has 0 saturated carbocycles. The number of hydrogen-bond acceptors (Lipinski definition) is 1. The maximum atomic E-state index is 10.8. The quantitative estimate of drug-likeness (QED) is 0.530. The largest absolute Gasteiger partial charge is 0.276 e. The van der Waals surface area contributed by atoms with Gasteiger partial charge in [0.1, 0.15) is 0 Å². The van der Waals surface area contributed by atoms with E-state index in [4.69, 9.17) is 11.6 Å². The summed E-state index contributed by atoms with van der Waals surface area (Å²) in [6.07, 6.45) is 0. The molecule has 0 unspecified atom stereocenters. The van der Waals surface area contributed by atoms with Crippen LogP contribution in [-0.2, 0) is 0 Å². The smallest absolute Gasteiger partial charge is 0.253 e. The lowest BCUT2D eigenvalue weighted by Crippen LogP contribution is -1.93. The van der Waals surface area contributed by atoms with Crippen LogP contribution in [0.2, 0.25) is 0 Å². The summed E-state index contributed by atoms with van der Waals surface area (Å²) < 4.78 is 1.91. The summed E-state index contributed by atoms with van der Waals surface area (Å²) >= 11 is 9.56. The average molecular weight is 392 g/mol. The minimum atomic E-state index is -0.395. The van der Waals surface area contributed by atoms with E-state index in [-0.39, 0.29) is 0 Å². The molecule has 0 fully saturated rings. The van der Waals surface area contributed by atoms with E-state index in [1.807, 2.05) is 12.1 Å². The van der Waals surface area contributed by atoms with E-state index in [2.05, 4.69) is 45.2 Å². The molecule has 1 rings (SSSR count). The van der Waals surface area contributed by atoms with Crippen molar-refractivity contribution in [2.24, 2.45) is 0 Å². The summed E-state index contributed by atoms with van der Waals surface area (Å²) in [5, 5.41) is -0.395. The lowest BCUT2D eigenvalue weighted by Gasteiger charge is -1.97. The van der Waals surface area contributed by atoms with Crippen LogP contribution in [0.15, 0.2) is 18.2 Å². The van der Waals surface area contributed by atoms with Gasteiger partial charge in [0.15, 0.2) is 0 Å². The highest BCUT2D eigenvalue weighted by Gasteiger charge is 2.06. The zero-order chi connectivity index (χ0) is 8.43. The van der Waals surface area contributed by atoms with Gasteiger partial charge in [0.2, 0.25) is 0 Å². The molecule has 11 heavy (non-hydrogen) atoms. The van der Waals surface area contributed by atoms with Crippen LogP contribution in [0.25, 0.3) is 0 Å². The van der Waals surface area contributed by atoms with Crippen molar-refractivity contribution in [2.45, 2.75) is 0 Å². The first-order valence-corrected chi connectivity index (χ1v) is 5.29. The Morgan fingerprint density at radius 3 is 2.45 bits per heavy atom. The first kappa shape index (κ1) is 9.73. The highest BCUT2D eigenvalue weighted by atomic mass is 127. The van der Waals surface area contributed by atoms with E-state index in [0.717, 1.165) is 7.14 Å². The van der Waals surface area contributed by atoms with Crippen molar-refractivity contribution >= 4 is 62.0 Å². The Labute approximate surface area is 96.8 Å². The van der Waals surface area contributed by atoms with E-state index >= 15 is 0 Å². The number of carbonyl (C=O) groups is 1. The van der Waals surface area contributed by atoms with Gasteiger partial charge in [-0.15, -0.1) is 0 Å². The van der Waals surface area contributed by atoms with Crippen molar-refractivity contribution in [3.05, 3.63) is 30.9 Å². The van der Waals surface area contributed by atoms with E-state index in [1.54, 1.807) is 6.07 Å². The molecule has 58 valence electrons. The fourth-order valence-corrected chi connectivity index (χ4v) is 2.04. The topological polar surface area (TPSA) is 17.1 Å². The Kier molecular flexibility index (Phi) is 3.57. The van der Waals surface area contributed by atoms with Crippen LogP contribution < -0.4 is 0 Å². The summed E-state index contributed by atoms with van der Waals surface area (Å²) in [4.78, 5) is 10.8. The number of benzene rings is 1. The fourth-order valence-electron chi connectivity index (χ4n) is 0.648. The highest BCUT2D eigenvalue weighted by molar-refractivity contribution is 14.1. The van der Waals surface area contributed by atoms with E-state index in [1.165, 1.54) is 0 Å². The van der Waals surface area contributed by atoms with Gasteiger partial charge in [-0.3, -0.25) is 4.79 Å². The van der Waals surface area contributed by atoms with Crippen molar-refractivity contribution in [1.82, 2.24) is 0 Å². The van der Waals surface area contributed by atoms with Crippen LogP contribution in [0.3, 0.4) is 0 Å². The number of halogens is 3. The van der Waals surface area contributed by atoms with Crippen LogP contribution in [0.1, 0.15) is 10.4 Å². The second-order valence-corrected chi connectivity index (χ2v) is 4.65. The monoisotopic (exact) mass is 392 g/mol. The molecule has 1 aromatic carbocycles. The first-order valence-electron chi connectivity index (χ1n) is 2.76. The number of rotatable bonds is 1. The van der Waals surface area contributed by atoms with Gasteiger partial charge < -0.3 is 0 Å². The number of carbonyl (C=O) groups excluding carboxylic acids is 1. The van der Waals surface area contributed by atoms with Crippen LogP contribution in [0, 0.1) is 7.14 Å². The van der Waals surface area contributed by atoms with Crippen molar-refractivity contribution in [3.8, 4) is 0 Å². The van der Waals surface area contributed by atoms with Gasteiger partial charge in [-0.25, -0.2) is 0 Å². The van der Waals surface area contributed by atoms with E-state index in [9.17, 15) is 4.79 Å². The van der Waals surface area contributed by atoms with Gasteiger partial charge in [0, 0.05) is 12.7 Å². The van der Waals surface area contributed by atoms with Gasteiger partial charge in [-0.2, -0.15) is 0 Å². The Balaban J connectivity index is 3.23. The molecule has 0 aliphatic rings. The van der Waals surface area contributed by atoms with Gasteiger partial charge in [0.05, 0.1) is 0 Å². The number of hydrogen-bond donors (Lipinski definition) is 0. The standard InChI is InChI=1S/C7H3ClI2O/c8-7(11)5-3-4(9)1-2-6(5)10/h1-3H. The third-order valence-corrected chi connectivity index (χ3v) is 2.96. The summed E-state index contributed by atoms with van der Waals surface area (Å²) in [5.41, 5.74) is 0.583. The lowest BCUT2D eigenvalue weighted by molar-refractivity contribution is 0.108. The molecule has 1 aromatic rings. The second-order valence-electron chi connectivity index (χ2n) is 1.90. The molecule has 0 bridgehead atoms. The fraction of sp³-hybridized carbons (Fsp3) is 0. The van der Waals surface area contributed by atoms with Crippen molar-refractivity contribution in [2.75, 3.05) is 0 Å². The summed E-state index contributed by atoms with van der Waals surface area (Å²) in [6.45, 7) is 0. The predicted octanol–water partition coefficient (Wildman–Crippen LogP) is 3.27. The minimum absolute atomic E-state index is 0.395. The Hall–Kier alpha value is 0.640. The maximum Gasteiger partial charge on any atom is 0.253 e. The average Bonchev–Trinajstić information content (AvgIpc) is 1.94. The molecule has 0 amide bonds. The summed E-state index contributed by atoms with van der Waals surface area (Å²) in [5.74, 6) is 0. The van der Waals surface area contributed by atoms with Crippen molar-refractivity contribution in [3.63, 3.8) is 0 Å². The molecule has 1 nitrogen and oxygen atoms in total. The van der Waals surface area contributed by atoms with E-state index < -0.39 is 5.24 Å². The zero-order valence-electron chi connectivity index (χ0n) is 5.27. The molecule has 0 aliphatic heterocycles.